The van der Waals surface area contributed by atoms with Gasteiger partial charge in [-0.3, -0.25) is 9.69 Å². The third-order valence-electron chi connectivity index (χ3n) is 4.12. The minimum absolute atomic E-state index is 0.172. The van der Waals surface area contributed by atoms with Crippen LogP contribution in [-0.4, -0.2) is 34.2 Å². The van der Waals surface area contributed by atoms with E-state index in [-0.39, 0.29) is 10.9 Å². The van der Waals surface area contributed by atoms with Crippen molar-refractivity contribution < 1.29 is 24.2 Å². The van der Waals surface area contributed by atoms with Crippen molar-refractivity contribution in [3.8, 4) is 11.5 Å². The van der Waals surface area contributed by atoms with E-state index in [9.17, 15) is 14.7 Å². The number of carbonyl (C=O) groups excluding carboxylic acids is 2. The van der Waals surface area contributed by atoms with Crippen molar-refractivity contribution in [3.63, 3.8) is 0 Å². The van der Waals surface area contributed by atoms with Crippen LogP contribution >= 0.6 is 47.2 Å². The monoisotopic (exact) mass is 496 g/mol. The molecule has 0 bridgehead atoms. The number of thiocarbonyl (C=S) groups is 1. The number of aliphatic carboxylic acids is 1. The summed E-state index contributed by atoms with van der Waals surface area (Å²) in [4.78, 5) is 24.6. The summed E-state index contributed by atoms with van der Waals surface area (Å²) in [7, 11) is 0. The minimum atomic E-state index is -1.38. The summed E-state index contributed by atoms with van der Waals surface area (Å²) in [5, 5.41) is 11.9. The van der Waals surface area contributed by atoms with Gasteiger partial charge in [0.25, 0.3) is 5.91 Å². The molecule has 2 aromatic rings. The van der Waals surface area contributed by atoms with Gasteiger partial charge in [0.2, 0.25) is 0 Å². The number of carbonyl (C=O) groups is 2. The molecule has 0 atom stereocenters. The quantitative estimate of drug-likeness (QED) is 0.404. The molecule has 1 saturated heterocycles. The first kappa shape index (κ1) is 23.4. The average Bonchev–Trinajstić information content (AvgIpc) is 2.96. The van der Waals surface area contributed by atoms with Crippen molar-refractivity contribution in [2.24, 2.45) is 0 Å². The highest BCUT2D eigenvalue weighted by Crippen LogP contribution is 2.35. The van der Waals surface area contributed by atoms with E-state index in [1.165, 1.54) is 0 Å². The van der Waals surface area contributed by atoms with Crippen LogP contribution in [0.25, 0.3) is 6.08 Å². The smallest absolute Gasteiger partial charge is 0.266 e. The van der Waals surface area contributed by atoms with Crippen LogP contribution in [0.2, 0.25) is 10.0 Å². The fraction of sp³-hybridized carbons (Fsp3) is 0.190. The number of hydrogen-bond donors (Lipinski definition) is 0. The minimum Gasteiger partial charge on any atom is -0.548 e. The van der Waals surface area contributed by atoms with E-state index in [0.717, 1.165) is 22.2 Å². The highest BCUT2D eigenvalue weighted by Gasteiger charge is 2.31. The molecule has 0 spiro atoms. The van der Waals surface area contributed by atoms with Gasteiger partial charge in [0.15, 0.2) is 11.5 Å². The molecule has 1 aliphatic rings. The molecule has 0 unspecified atom stereocenters. The summed E-state index contributed by atoms with van der Waals surface area (Å²) < 4.78 is 11.7. The van der Waals surface area contributed by atoms with E-state index in [4.69, 9.17) is 44.9 Å². The molecule has 0 N–H and O–H groups in total. The Hall–Kier alpha value is -2.26. The molecular weight excluding hydrogens is 481 g/mol. The summed E-state index contributed by atoms with van der Waals surface area (Å²) in [5.41, 5.74) is 1.45. The van der Waals surface area contributed by atoms with Crippen molar-refractivity contribution in [1.82, 2.24) is 4.90 Å². The second kappa shape index (κ2) is 10.4. The Balaban J connectivity index is 1.80. The van der Waals surface area contributed by atoms with Gasteiger partial charge in [-0.05, 0) is 42.8 Å². The number of amides is 1. The van der Waals surface area contributed by atoms with Crippen LogP contribution in [0.3, 0.4) is 0 Å². The molecule has 162 valence electrons. The van der Waals surface area contributed by atoms with Gasteiger partial charge in [-0.15, -0.1) is 0 Å². The number of ether oxygens (including phenoxy) is 2. The van der Waals surface area contributed by atoms with Gasteiger partial charge in [0.05, 0.1) is 24.0 Å². The van der Waals surface area contributed by atoms with Crippen LogP contribution in [0.5, 0.6) is 11.5 Å². The second-order valence-corrected chi connectivity index (χ2v) is 8.82. The van der Waals surface area contributed by atoms with Crippen LogP contribution in [-0.2, 0) is 16.2 Å². The van der Waals surface area contributed by atoms with Crippen LogP contribution in [0.1, 0.15) is 18.1 Å². The van der Waals surface area contributed by atoms with E-state index in [0.29, 0.717) is 38.6 Å². The summed E-state index contributed by atoms with van der Waals surface area (Å²) in [6.07, 6.45) is 1.62. The van der Waals surface area contributed by atoms with Crippen molar-refractivity contribution in [3.05, 3.63) is 62.5 Å². The molecule has 3 rings (SSSR count). The number of carboxylic acids is 1. The number of thioether (sulfide) groups is 1. The van der Waals surface area contributed by atoms with E-state index < -0.39 is 18.4 Å². The maximum Gasteiger partial charge on any atom is 0.266 e. The number of benzene rings is 2. The topological polar surface area (TPSA) is 78.9 Å². The zero-order valence-corrected chi connectivity index (χ0v) is 19.4. The number of carboxylic acid groups (broad SMARTS) is 1. The third kappa shape index (κ3) is 5.92. The Kier molecular flexibility index (Phi) is 7.83. The SMILES string of the molecule is CCOc1cc(/C=C2/SC(=S)N(CC(=O)[O-])C2=O)ccc1OCc1ccc(Cl)cc1Cl. The predicted octanol–water partition coefficient (Wildman–Crippen LogP) is 3.92. The van der Waals surface area contributed by atoms with Crippen LogP contribution < -0.4 is 14.6 Å². The summed E-state index contributed by atoms with van der Waals surface area (Å²) in [5.74, 6) is -0.852. The van der Waals surface area contributed by atoms with E-state index in [1.54, 1.807) is 42.5 Å². The number of rotatable bonds is 8. The lowest BCUT2D eigenvalue weighted by Gasteiger charge is -2.14. The first-order chi connectivity index (χ1) is 14.8. The molecule has 10 heteroatoms. The summed E-state index contributed by atoms with van der Waals surface area (Å²) >= 11 is 18.2. The van der Waals surface area contributed by atoms with Crippen molar-refractivity contribution >= 4 is 69.5 Å². The lowest BCUT2D eigenvalue weighted by Crippen LogP contribution is -2.40. The zero-order chi connectivity index (χ0) is 22.5. The normalized spacial score (nSPS) is 14.9. The van der Waals surface area contributed by atoms with Gasteiger partial charge in [-0.25, -0.2) is 0 Å². The van der Waals surface area contributed by atoms with Gasteiger partial charge >= 0.3 is 0 Å². The maximum atomic E-state index is 12.4. The van der Waals surface area contributed by atoms with Gasteiger partial charge in [0, 0.05) is 15.6 Å². The lowest BCUT2D eigenvalue weighted by molar-refractivity contribution is -0.305. The van der Waals surface area contributed by atoms with Crippen LogP contribution in [0, 0.1) is 0 Å². The molecule has 1 amide bonds. The molecule has 1 heterocycles. The Labute approximate surface area is 198 Å². The first-order valence-corrected chi connectivity index (χ1v) is 11.1. The number of nitrogens with zero attached hydrogens (tertiary/aromatic N) is 1. The Morgan fingerprint density at radius 3 is 2.65 bits per heavy atom. The molecule has 31 heavy (non-hydrogen) atoms. The average molecular weight is 497 g/mol. The molecular formula is C21H16Cl2NO5S2-. The van der Waals surface area contributed by atoms with E-state index in [1.807, 2.05) is 6.92 Å². The van der Waals surface area contributed by atoms with E-state index >= 15 is 0 Å². The maximum absolute atomic E-state index is 12.4. The van der Waals surface area contributed by atoms with Crippen LogP contribution in [0.15, 0.2) is 41.3 Å². The van der Waals surface area contributed by atoms with Gasteiger partial charge in [0.1, 0.15) is 10.9 Å². The lowest BCUT2D eigenvalue weighted by atomic mass is 10.1. The molecule has 0 aliphatic carbocycles. The third-order valence-corrected chi connectivity index (χ3v) is 6.09. The summed E-state index contributed by atoms with van der Waals surface area (Å²) in [6.45, 7) is 1.90. The predicted molar refractivity (Wildman–Crippen MR) is 123 cm³/mol. The Morgan fingerprint density at radius 2 is 1.97 bits per heavy atom. The highest BCUT2D eigenvalue weighted by atomic mass is 35.5. The Bertz CT molecular complexity index is 1070. The largest absolute Gasteiger partial charge is 0.548 e. The first-order valence-electron chi connectivity index (χ1n) is 9.07. The Morgan fingerprint density at radius 1 is 1.19 bits per heavy atom. The van der Waals surface area contributed by atoms with Crippen molar-refractivity contribution in [2.45, 2.75) is 13.5 Å². The summed E-state index contributed by atoms with van der Waals surface area (Å²) in [6, 6.07) is 10.4. The fourth-order valence-electron chi connectivity index (χ4n) is 2.71. The van der Waals surface area contributed by atoms with Gasteiger partial charge in [-0.2, -0.15) is 0 Å². The number of hydrogen-bond acceptors (Lipinski definition) is 7. The molecule has 6 nitrogen and oxygen atoms in total. The molecule has 1 fully saturated rings. The zero-order valence-electron chi connectivity index (χ0n) is 16.2. The molecule has 0 saturated carbocycles. The van der Waals surface area contributed by atoms with Crippen molar-refractivity contribution in [1.29, 1.82) is 0 Å². The number of halogens is 2. The molecule has 0 radical (unpaired) electrons. The van der Waals surface area contributed by atoms with Crippen molar-refractivity contribution in [2.75, 3.05) is 13.2 Å². The fourth-order valence-corrected chi connectivity index (χ4v) is 4.43. The molecule has 1 aliphatic heterocycles. The highest BCUT2D eigenvalue weighted by molar-refractivity contribution is 8.26. The standard InChI is InChI=1S/C21H17Cl2NO5S2/c1-2-28-17-7-12(8-18-20(27)24(10-19(25)26)21(30)31-18)3-6-16(17)29-11-13-4-5-14(22)9-15(13)23/h3-9H,2,10-11H2,1H3,(H,25,26)/p-1/b18-8+. The van der Waals surface area contributed by atoms with Gasteiger partial charge in [-0.1, -0.05) is 59.3 Å². The second-order valence-electron chi connectivity index (χ2n) is 6.30. The molecule has 0 aromatic heterocycles. The molecule has 2 aromatic carbocycles. The van der Waals surface area contributed by atoms with Crippen LogP contribution in [0.4, 0.5) is 0 Å². The van der Waals surface area contributed by atoms with Gasteiger partial charge < -0.3 is 19.4 Å². The van der Waals surface area contributed by atoms with E-state index in [2.05, 4.69) is 0 Å².